The van der Waals surface area contributed by atoms with Crippen molar-refractivity contribution >= 4 is 17.4 Å². The Morgan fingerprint density at radius 1 is 1.22 bits per heavy atom. The molecule has 27 heavy (non-hydrogen) atoms. The molecule has 0 aliphatic heterocycles. The van der Waals surface area contributed by atoms with Gasteiger partial charge in [-0.2, -0.15) is 0 Å². The van der Waals surface area contributed by atoms with Crippen LogP contribution in [0.3, 0.4) is 0 Å². The highest BCUT2D eigenvalue weighted by molar-refractivity contribution is 5.97. The molecule has 0 N–H and O–H groups in total. The highest BCUT2D eigenvalue weighted by atomic mass is 16.5. The lowest BCUT2D eigenvalue weighted by molar-refractivity contribution is -0.144. The molecule has 146 valence electrons. The fourth-order valence-corrected chi connectivity index (χ4v) is 4.28. The first-order valence-corrected chi connectivity index (χ1v) is 9.70. The number of fused-ring (bicyclic) bond motifs is 1. The standard InChI is InChI=1S/C21H28N2O4/c1-4-27-17-9-8-12-23-19(15(2)22-20(17)23)16(24)13-21(14-18(25)26-3)10-6-5-7-11-21/h8-9,12H,4-7,10-11,13-14H2,1-3H3. The van der Waals surface area contributed by atoms with Crippen molar-refractivity contribution in [2.75, 3.05) is 13.7 Å². The number of rotatable bonds is 7. The summed E-state index contributed by atoms with van der Waals surface area (Å²) < 4.78 is 12.4. The average Bonchev–Trinajstić information content (AvgIpc) is 2.99. The zero-order valence-corrected chi connectivity index (χ0v) is 16.4. The zero-order valence-electron chi connectivity index (χ0n) is 16.4. The lowest BCUT2D eigenvalue weighted by Crippen LogP contribution is -2.31. The van der Waals surface area contributed by atoms with Crippen molar-refractivity contribution in [3.63, 3.8) is 0 Å². The number of pyridine rings is 1. The van der Waals surface area contributed by atoms with Gasteiger partial charge in [-0.05, 0) is 44.2 Å². The van der Waals surface area contributed by atoms with Gasteiger partial charge in [0.2, 0.25) is 0 Å². The molecule has 3 rings (SSSR count). The van der Waals surface area contributed by atoms with Crippen LogP contribution in [0.5, 0.6) is 5.75 Å². The number of nitrogens with zero attached hydrogens (tertiary/aromatic N) is 2. The molecule has 1 saturated carbocycles. The molecule has 6 heteroatoms. The molecule has 0 radical (unpaired) electrons. The fraction of sp³-hybridized carbons (Fsp3) is 0.571. The number of imidazole rings is 1. The number of carbonyl (C=O) groups excluding carboxylic acids is 2. The number of aryl methyl sites for hydroxylation is 1. The summed E-state index contributed by atoms with van der Waals surface area (Å²) in [5, 5.41) is 0. The maximum Gasteiger partial charge on any atom is 0.306 e. The van der Waals surface area contributed by atoms with Crippen molar-refractivity contribution in [2.24, 2.45) is 5.41 Å². The zero-order chi connectivity index (χ0) is 19.4. The van der Waals surface area contributed by atoms with Gasteiger partial charge in [0.1, 0.15) is 5.69 Å². The summed E-state index contributed by atoms with van der Waals surface area (Å²) in [4.78, 5) is 29.9. The molecule has 0 saturated heterocycles. The monoisotopic (exact) mass is 372 g/mol. The normalized spacial score (nSPS) is 16.3. The Morgan fingerprint density at radius 2 is 1.96 bits per heavy atom. The van der Waals surface area contributed by atoms with Crippen molar-refractivity contribution < 1.29 is 19.1 Å². The smallest absolute Gasteiger partial charge is 0.306 e. The van der Waals surface area contributed by atoms with E-state index in [1.54, 1.807) is 0 Å². The van der Waals surface area contributed by atoms with Gasteiger partial charge < -0.3 is 9.47 Å². The van der Waals surface area contributed by atoms with Crippen LogP contribution in [0.2, 0.25) is 0 Å². The van der Waals surface area contributed by atoms with E-state index >= 15 is 0 Å². The number of methoxy groups -OCH3 is 1. The number of ketones is 1. The Labute approximate surface area is 159 Å². The number of ether oxygens (including phenoxy) is 2. The third-order valence-corrected chi connectivity index (χ3v) is 5.55. The lowest BCUT2D eigenvalue weighted by atomic mass is 9.68. The van der Waals surface area contributed by atoms with E-state index < -0.39 is 0 Å². The minimum Gasteiger partial charge on any atom is -0.490 e. The predicted octanol–water partition coefficient (Wildman–Crippen LogP) is 4.13. The second-order valence-electron chi connectivity index (χ2n) is 7.46. The van der Waals surface area contributed by atoms with Crippen molar-refractivity contribution in [1.82, 2.24) is 9.38 Å². The maximum atomic E-state index is 13.3. The molecule has 2 aromatic rings. The van der Waals surface area contributed by atoms with E-state index in [1.807, 2.05) is 36.6 Å². The van der Waals surface area contributed by atoms with E-state index in [4.69, 9.17) is 9.47 Å². The Kier molecular flexibility index (Phi) is 5.82. The lowest BCUT2D eigenvalue weighted by Gasteiger charge is -2.36. The van der Waals surface area contributed by atoms with Gasteiger partial charge in [-0.25, -0.2) is 4.98 Å². The van der Waals surface area contributed by atoms with Crippen LogP contribution >= 0.6 is 0 Å². The van der Waals surface area contributed by atoms with Crippen molar-refractivity contribution in [2.45, 2.75) is 58.8 Å². The predicted molar refractivity (Wildman–Crippen MR) is 102 cm³/mol. The van der Waals surface area contributed by atoms with Crippen LogP contribution in [-0.2, 0) is 9.53 Å². The Balaban J connectivity index is 1.93. The van der Waals surface area contributed by atoms with Crippen molar-refractivity contribution in [1.29, 1.82) is 0 Å². The van der Waals surface area contributed by atoms with E-state index in [9.17, 15) is 9.59 Å². The summed E-state index contributed by atoms with van der Waals surface area (Å²) in [5.41, 5.74) is 1.62. The SMILES string of the molecule is CCOc1cccn2c(C(=O)CC3(CC(=O)OC)CCCCC3)c(C)nc12. The third-order valence-electron chi connectivity index (χ3n) is 5.55. The third kappa shape index (κ3) is 3.99. The number of Topliss-reactive ketones (excluding diaryl/α,β-unsaturated/α-hetero) is 1. The van der Waals surface area contributed by atoms with Gasteiger partial charge in [-0.1, -0.05) is 19.3 Å². The molecule has 0 spiro atoms. The van der Waals surface area contributed by atoms with E-state index in [2.05, 4.69) is 4.98 Å². The number of hydrogen-bond donors (Lipinski definition) is 0. The summed E-state index contributed by atoms with van der Waals surface area (Å²) >= 11 is 0. The maximum absolute atomic E-state index is 13.3. The van der Waals surface area contributed by atoms with Crippen molar-refractivity contribution in [3.05, 3.63) is 29.7 Å². The van der Waals surface area contributed by atoms with Gasteiger partial charge in [0.25, 0.3) is 0 Å². The van der Waals surface area contributed by atoms with Gasteiger partial charge >= 0.3 is 5.97 Å². The molecule has 0 atom stereocenters. The summed E-state index contributed by atoms with van der Waals surface area (Å²) in [6, 6.07) is 3.72. The van der Waals surface area contributed by atoms with Crippen molar-refractivity contribution in [3.8, 4) is 5.75 Å². The first-order chi connectivity index (χ1) is 13.0. The van der Waals surface area contributed by atoms with Crippen LogP contribution in [0, 0.1) is 12.3 Å². The molecule has 2 aromatic heterocycles. The molecule has 0 aromatic carbocycles. The molecule has 0 bridgehead atoms. The van der Waals surface area contributed by atoms with E-state index in [0.29, 0.717) is 42.2 Å². The molecule has 6 nitrogen and oxygen atoms in total. The Hall–Kier alpha value is -2.37. The molecule has 0 unspecified atom stereocenters. The van der Waals surface area contributed by atoms with Crippen LogP contribution in [0.1, 0.15) is 68.1 Å². The second kappa shape index (κ2) is 8.11. The molecule has 1 aliphatic carbocycles. The van der Waals surface area contributed by atoms with E-state index in [0.717, 1.165) is 32.1 Å². The second-order valence-corrected chi connectivity index (χ2v) is 7.46. The quantitative estimate of drug-likeness (QED) is 0.540. The molecule has 2 heterocycles. The summed E-state index contributed by atoms with van der Waals surface area (Å²) in [5.74, 6) is 0.460. The average molecular weight is 372 g/mol. The molecule has 1 fully saturated rings. The summed E-state index contributed by atoms with van der Waals surface area (Å²) in [6.07, 6.45) is 7.50. The first kappa shape index (κ1) is 19.4. The van der Waals surface area contributed by atoms with Crippen LogP contribution in [-0.4, -0.2) is 34.9 Å². The van der Waals surface area contributed by atoms with Gasteiger partial charge in [-0.15, -0.1) is 0 Å². The largest absolute Gasteiger partial charge is 0.490 e. The number of aromatic nitrogens is 2. The summed E-state index contributed by atoms with van der Waals surface area (Å²) in [7, 11) is 1.41. The van der Waals surface area contributed by atoms with E-state index in [-0.39, 0.29) is 17.2 Å². The molecule has 1 aliphatic rings. The first-order valence-electron chi connectivity index (χ1n) is 9.70. The highest BCUT2D eigenvalue weighted by Gasteiger charge is 2.38. The number of esters is 1. The van der Waals surface area contributed by atoms with Crippen LogP contribution in [0.25, 0.3) is 5.65 Å². The van der Waals surface area contributed by atoms with Gasteiger partial charge in [0.05, 0.1) is 25.8 Å². The summed E-state index contributed by atoms with van der Waals surface area (Å²) in [6.45, 7) is 4.31. The number of carbonyl (C=O) groups is 2. The van der Waals surface area contributed by atoms with Crippen LogP contribution < -0.4 is 4.74 Å². The molecule has 0 amide bonds. The van der Waals surface area contributed by atoms with Gasteiger partial charge in [0.15, 0.2) is 17.2 Å². The molecular formula is C21H28N2O4. The molecular weight excluding hydrogens is 344 g/mol. The van der Waals surface area contributed by atoms with Gasteiger partial charge in [-0.3, -0.25) is 14.0 Å². The minimum atomic E-state index is -0.309. The van der Waals surface area contributed by atoms with Gasteiger partial charge in [0, 0.05) is 12.6 Å². The minimum absolute atomic E-state index is 0.0273. The van der Waals surface area contributed by atoms with Crippen LogP contribution in [0.15, 0.2) is 18.3 Å². The highest BCUT2D eigenvalue weighted by Crippen LogP contribution is 2.43. The topological polar surface area (TPSA) is 69.9 Å². The fourth-order valence-electron chi connectivity index (χ4n) is 4.28. The Bertz CT molecular complexity index is 834. The van der Waals surface area contributed by atoms with E-state index in [1.165, 1.54) is 7.11 Å². The van der Waals surface area contributed by atoms with Crippen LogP contribution in [0.4, 0.5) is 0 Å². The Morgan fingerprint density at radius 3 is 2.63 bits per heavy atom. The number of hydrogen-bond acceptors (Lipinski definition) is 5.